The average molecular weight is 218 g/mol. The van der Waals surface area contributed by atoms with Gasteiger partial charge in [0.1, 0.15) is 0 Å². The monoisotopic (exact) mass is 217 g/mol. The van der Waals surface area contributed by atoms with E-state index in [0.717, 1.165) is 5.02 Å². The Morgan fingerprint density at radius 2 is 1.77 bits per heavy atom. The summed E-state index contributed by atoms with van der Waals surface area (Å²) in [6, 6.07) is 8.06. The third-order valence-corrected chi connectivity index (χ3v) is 2.57. The summed E-state index contributed by atoms with van der Waals surface area (Å²) < 4.78 is 0. The molecule has 1 aromatic rings. The summed E-state index contributed by atoms with van der Waals surface area (Å²) in [6.45, 7) is 0. The molecule has 0 aliphatic carbocycles. The number of nitrogens with zero attached hydrogens (tertiary/aromatic N) is 1. The standard InChI is InChI=1S/C10H13Cl2N/c1-13(2)10(7-11)8-3-5-9(12)6-4-8/h3-6,10H,7H2,1-2H3. The van der Waals surface area contributed by atoms with E-state index in [0.29, 0.717) is 5.88 Å². The van der Waals surface area contributed by atoms with Crippen molar-refractivity contribution >= 4 is 23.2 Å². The fourth-order valence-electron chi connectivity index (χ4n) is 1.21. The van der Waals surface area contributed by atoms with Crippen molar-refractivity contribution in [3.8, 4) is 0 Å². The van der Waals surface area contributed by atoms with Crippen molar-refractivity contribution in [3.05, 3.63) is 34.9 Å². The van der Waals surface area contributed by atoms with Crippen molar-refractivity contribution < 1.29 is 0 Å². The average Bonchev–Trinajstić information content (AvgIpc) is 2.09. The number of rotatable bonds is 3. The Morgan fingerprint density at radius 1 is 1.23 bits per heavy atom. The van der Waals surface area contributed by atoms with Crippen LogP contribution in [0.2, 0.25) is 5.02 Å². The van der Waals surface area contributed by atoms with Gasteiger partial charge in [0.25, 0.3) is 0 Å². The molecule has 3 heteroatoms. The lowest BCUT2D eigenvalue weighted by Gasteiger charge is -2.22. The van der Waals surface area contributed by atoms with Crippen LogP contribution in [0.4, 0.5) is 0 Å². The molecule has 72 valence electrons. The minimum atomic E-state index is 0.263. The summed E-state index contributed by atoms with van der Waals surface area (Å²) in [4.78, 5) is 2.09. The molecular formula is C10H13Cl2N. The summed E-state index contributed by atoms with van der Waals surface area (Å²) in [6.07, 6.45) is 0. The second-order valence-corrected chi connectivity index (χ2v) is 3.93. The highest BCUT2D eigenvalue weighted by Gasteiger charge is 2.11. The lowest BCUT2D eigenvalue weighted by atomic mass is 10.1. The van der Waals surface area contributed by atoms with E-state index in [2.05, 4.69) is 4.90 Å². The van der Waals surface area contributed by atoms with E-state index in [1.165, 1.54) is 5.56 Å². The largest absolute Gasteiger partial charge is 0.301 e. The van der Waals surface area contributed by atoms with Gasteiger partial charge in [-0.2, -0.15) is 0 Å². The number of hydrogen-bond acceptors (Lipinski definition) is 1. The van der Waals surface area contributed by atoms with Gasteiger partial charge in [0.2, 0.25) is 0 Å². The zero-order valence-electron chi connectivity index (χ0n) is 7.80. The first kappa shape index (κ1) is 10.8. The molecule has 0 saturated heterocycles. The molecule has 0 fully saturated rings. The first-order chi connectivity index (χ1) is 6.15. The van der Waals surface area contributed by atoms with Crippen LogP contribution in [0.15, 0.2) is 24.3 Å². The molecule has 0 amide bonds. The first-order valence-electron chi connectivity index (χ1n) is 4.13. The lowest BCUT2D eigenvalue weighted by molar-refractivity contribution is 0.324. The van der Waals surface area contributed by atoms with Crippen LogP contribution in [0, 0.1) is 0 Å². The minimum Gasteiger partial charge on any atom is -0.301 e. The number of benzene rings is 1. The van der Waals surface area contributed by atoms with E-state index in [-0.39, 0.29) is 6.04 Å². The van der Waals surface area contributed by atoms with Gasteiger partial charge < -0.3 is 4.90 Å². The maximum Gasteiger partial charge on any atom is 0.0477 e. The fourth-order valence-corrected chi connectivity index (χ4v) is 1.79. The van der Waals surface area contributed by atoms with Crippen molar-refractivity contribution in [1.29, 1.82) is 0 Å². The van der Waals surface area contributed by atoms with Crippen LogP contribution in [0.25, 0.3) is 0 Å². The molecule has 1 atom stereocenters. The molecule has 1 unspecified atom stereocenters. The molecule has 0 aliphatic heterocycles. The molecule has 0 saturated carbocycles. The summed E-state index contributed by atoms with van der Waals surface area (Å²) in [5.41, 5.74) is 1.20. The van der Waals surface area contributed by atoms with Crippen LogP contribution >= 0.6 is 23.2 Å². The second-order valence-electron chi connectivity index (χ2n) is 3.19. The smallest absolute Gasteiger partial charge is 0.0477 e. The van der Waals surface area contributed by atoms with Crippen LogP contribution in [0.3, 0.4) is 0 Å². The molecule has 0 N–H and O–H groups in total. The Kier molecular flexibility index (Phi) is 4.04. The first-order valence-corrected chi connectivity index (χ1v) is 5.04. The van der Waals surface area contributed by atoms with E-state index < -0.39 is 0 Å². The highest BCUT2D eigenvalue weighted by molar-refractivity contribution is 6.30. The molecule has 13 heavy (non-hydrogen) atoms. The Balaban J connectivity index is 2.86. The molecule has 0 aliphatic rings. The normalized spacial score (nSPS) is 13.3. The summed E-state index contributed by atoms with van der Waals surface area (Å²) in [5, 5.41) is 0.760. The Bertz CT molecular complexity index is 256. The summed E-state index contributed by atoms with van der Waals surface area (Å²) in [7, 11) is 4.03. The van der Waals surface area contributed by atoms with Crippen LogP contribution in [0.1, 0.15) is 11.6 Å². The minimum absolute atomic E-state index is 0.263. The number of halogens is 2. The molecule has 1 rings (SSSR count). The zero-order chi connectivity index (χ0) is 9.84. The van der Waals surface area contributed by atoms with Crippen molar-refractivity contribution in [1.82, 2.24) is 4.90 Å². The fraction of sp³-hybridized carbons (Fsp3) is 0.400. The van der Waals surface area contributed by atoms with Crippen molar-refractivity contribution in [2.75, 3.05) is 20.0 Å². The van der Waals surface area contributed by atoms with E-state index in [1.807, 2.05) is 38.4 Å². The predicted octanol–water partition coefficient (Wildman–Crippen LogP) is 3.18. The van der Waals surface area contributed by atoms with Gasteiger partial charge in [0.05, 0.1) is 0 Å². The SMILES string of the molecule is CN(C)C(CCl)c1ccc(Cl)cc1. The quantitative estimate of drug-likeness (QED) is 0.704. The van der Waals surface area contributed by atoms with Gasteiger partial charge in [-0.05, 0) is 31.8 Å². The number of alkyl halides is 1. The van der Waals surface area contributed by atoms with Gasteiger partial charge in [-0.15, -0.1) is 11.6 Å². The van der Waals surface area contributed by atoms with Gasteiger partial charge >= 0.3 is 0 Å². The van der Waals surface area contributed by atoms with Crippen molar-refractivity contribution in [2.24, 2.45) is 0 Å². The summed E-state index contributed by atoms with van der Waals surface area (Å²) >= 11 is 11.7. The molecule has 0 radical (unpaired) electrons. The second kappa shape index (κ2) is 4.85. The van der Waals surface area contributed by atoms with E-state index in [1.54, 1.807) is 0 Å². The highest BCUT2D eigenvalue weighted by atomic mass is 35.5. The van der Waals surface area contributed by atoms with Gasteiger partial charge in [0.15, 0.2) is 0 Å². The van der Waals surface area contributed by atoms with Crippen molar-refractivity contribution in [3.63, 3.8) is 0 Å². The Morgan fingerprint density at radius 3 is 2.15 bits per heavy atom. The van der Waals surface area contributed by atoms with Crippen LogP contribution < -0.4 is 0 Å². The van der Waals surface area contributed by atoms with E-state index >= 15 is 0 Å². The molecular weight excluding hydrogens is 205 g/mol. The van der Waals surface area contributed by atoms with E-state index in [4.69, 9.17) is 23.2 Å². The maximum absolute atomic E-state index is 5.86. The predicted molar refractivity (Wildman–Crippen MR) is 58.6 cm³/mol. The molecule has 0 bridgehead atoms. The molecule has 0 aromatic heterocycles. The molecule has 1 nitrogen and oxygen atoms in total. The van der Waals surface area contributed by atoms with Crippen LogP contribution in [-0.2, 0) is 0 Å². The third kappa shape index (κ3) is 2.87. The highest BCUT2D eigenvalue weighted by Crippen LogP contribution is 2.21. The van der Waals surface area contributed by atoms with Gasteiger partial charge in [-0.1, -0.05) is 23.7 Å². The maximum atomic E-state index is 5.86. The molecule has 0 heterocycles. The van der Waals surface area contributed by atoms with Gasteiger partial charge in [-0.3, -0.25) is 0 Å². The Labute approximate surface area is 89.3 Å². The zero-order valence-corrected chi connectivity index (χ0v) is 9.31. The molecule has 1 aromatic carbocycles. The molecule has 0 spiro atoms. The number of hydrogen-bond donors (Lipinski definition) is 0. The van der Waals surface area contributed by atoms with E-state index in [9.17, 15) is 0 Å². The third-order valence-electron chi connectivity index (χ3n) is 2.02. The van der Waals surface area contributed by atoms with Gasteiger partial charge in [0, 0.05) is 16.9 Å². The summed E-state index contributed by atoms with van der Waals surface area (Å²) in [5.74, 6) is 0.592. The lowest BCUT2D eigenvalue weighted by Crippen LogP contribution is -2.21. The Hall–Kier alpha value is -0.240. The van der Waals surface area contributed by atoms with Crippen LogP contribution in [0.5, 0.6) is 0 Å². The van der Waals surface area contributed by atoms with Gasteiger partial charge in [-0.25, -0.2) is 0 Å². The van der Waals surface area contributed by atoms with Crippen molar-refractivity contribution in [2.45, 2.75) is 6.04 Å². The van der Waals surface area contributed by atoms with Crippen LogP contribution in [-0.4, -0.2) is 24.9 Å². The topological polar surface area (TPSA) is 3.24 Å².